The summed E-state index contributed by atoms with van der Waals surface area (Å²) in [5, 5.41) is 1.94. The first kappa shape index (κ1) is 16.1. The van der Waals surface area contributed by atoms with Crippen LogP contribution in [0.1, 0.15) is 10.4 Å². The number of nitrogens with zero attached hydrogens (tertiary/aromatic N) is 2. The molecule has 1 fully saturated rings. The van der Waals surface area contributed by atoms with Crippen LogP contribution >= 0.6 is 11.3 Å². The average Bonchev–Trinajstić information content (AvgIpc) is 3.18. The quantitative estimate of drug-likeness (QED) is 0.600. The Morgan fingerprint density at radius 3 is 2.38 bits per heavy atom. The number of hydrogen-bond acceptors (Lipinski definition) is 4. The molecule has 1 aromatic carbocycles. The molecule has 24 heavy (non-hydrogen) atoms. The molecule has 3 rings (SSSR count). The maximum absolute atomic E-state index is 12.3. The summed E-state index contributed by atoms with van der Waals surface area (Å²) >= 11 is 1.56. The minimum atomic E-state index is -0.760. The number of imide groups is 2. The molecule has 0 radical (unpaired) electrons. The van der Waals surface area contributed by atoms with E-state index >= 15 is 0 Å². The van der Waals surface area contributed by atoms with Gasteiger partial charge in [-0.15, -0.1) is 11.3 Å². The van der Waals surface area contributed by atoms with Crippen LogP contribution in [-0.4, -0.2) is 40.7 Å². The van der Waals surface area contributed by atoms with E-state index in [1.807, 2.05) is 53.9 Å². The second-order valence-electron chi connectivity index (χ2n) is 5.30. The smallest absolute Gasteiger partial charge is 0.263 e. The molecule has 2 heterocycles. The number of thiophene rings is 1. The van der Waals surface area contributed by atoms with Crippen LogP contribution in [0.4, 0.5) is 4.79 Å². The van der Waals surface area contributed by atoms with Crippen LogP contribution in [0.25, 0.3) is 6.08 Å². The van der Waals surface area contributed by atoms with E-state index in [-0.39, 0.29) is 13.1 Å². The Bertz CT molecular complexity index is 769. The Hall–Kier alpha value is -2.73. The molecular weight excluding hydrogens is 324 g/mol. The van der Waals surface area contributed by atoms with E-state index in [4.69, 9.17) is 0 Å². The molecule has 0 spiro atoms. The Labute approximate surface area is 143 Å². The molecule has 1 aliphatic heterocycles. The first-order chi connectivity index (χ1) is 11.7. The summed E-state index contributed by atoms with van der Waals surface area (Å²) in [5.41, 5.74) is 0.970. The van der Waals surface area contributed by atoms with Crippen molar-refractivity contribution in [3.63, 3.8) is 0 Å². The lowest BCUT2D eigenvalue weighted by atomic mass is 10.2. The van der Waals surface area contributed by atoms with Gasteiger partial charge in [-0.1, -0.05) is 48.6 Å². The zero-order chi connectivity index (χ0) is 16.9. The Balaban J connectivity index is 1.62. The van der Waals surface area contributed by atoms with Crippen molar-refractivity contribution in [2.45, 2.75) is 6.42 Å². The first-order valence-corrected chi connectivity index (χ1v) is 8.46. The summed E-state index contributed by atoms with van der Waals surface area (Å²) in [6.45, 7) is 0.316. The van der Waals surface area contributed by atoms with Crippen molar-refractivity contribution in [2.75, 3.05) is 13.1 Å². The fourth-order valence-corrected chi connectivity index (χ4v) is 3.14. The number of carbonyl (C=O) groups is 3. The van der Waals surface area contributed by atoms with E-state index in [0.717, 1.165) is 20.2 Å². The molecule has 0 unspecified atom stereocenters. The molecule has 6 heteroatoms. The van der Waals surface area contributed by atoms with Crippen molar-refractivity contribution in [1.29, 1.82) is 0 Å². The van der Waals surface area contributed by atoms with Crippen molar-refractivity contribution in [1.82, 2.24) is 9.80 Å². The number of hydrogen-bond donors (Lipinski definition) is 0. The largest absolute Gasteiger partial charge is 0.334 e. The van der Waals surface area contributed by atoms with Crippen molar-refractivity contribution < 1.29 is 14.4 Å². The van der Waals surface area contributed by atoms with E-state index in [1.54, 1.807) is 17.4 Å². The van der Waals surface area contributed by atoms with Gasteiger partial charge < -0.3 is 0 Å². The lowest BCUT2D eigenvalue weighted by Crippen LogP contribution is -2.34. The van der Waals surface area contributed by atoms with Crippen LogP contribution in [0.2, 0.25) is 0 Å². The van der Waals surface area contributed by atoms with E-state index in [2.05, 4.69) is 0 Å². The normalized spacial score (nSPS) is 15.1. The molecule has 1 aromatic heterocycles. The molecular formula is C18H16N2O3S. The molecule has 0 bridgehead atoms. The van der Waals surface area contributed by atoms with Crippen molar-refractivity contribution in [3.05, 3.63) is 64.4 Å². The molecule has 0 saturated carbocycles. The number of amides is 4. The van der Waals surface area contributed by atoms with Gasteiger partial charge in [-0.25, -0.2) is 4.79 Å². The molecule has 122 valence electrons. The Kier molecular flexibility index (Phi) is 4.86. The molecule has 1 saturated heterocycles. The van der Waals surface area contributed by atoms with Crippen molar-refractivity contribution >= 4 is 35.3 Å². The second kappa shape index (κ2) is 7.23. The third-order valence-corrected chi connectivity index (χ3v) is 4.63. The van der Waals surface area contributed by atoms with Gasteiger partial charge in [-0.05, 0) is 17.0 Å². The summed E-state index contributed by atoms with van der Waals surface area (Å²) < 4.78 is 0. The highest BCUT2D eigenvalue weighted by atomic mass is 32.1. The SMILES string of the molecule is O=C1C(=O)N(CCc2cccs2)C(=O)N1C/C=C/c1ccccc1. The van der Waals surface area contributed by atoms with Crippen LogP contribution in [0.5, 0.6) is 0 Å². The van der Waals surface area contributed by atoms with Crippen LogP contribution in [0, 0.1) is 0 Å². The molecule has 1 aliphatic rings. The van der Waals surface area contributed by atoms with Crippen LogP contribution in [0.3, 0.4) is 0 Å². The van der Waals surface area contributed by atoms with Crippen LogP contribution in [0.15, 0.2) is 53.9 Å². The highest BCUT2D eigenvalue weighted by Crippen LogP contribution is 2.15. The van der Waals surface area contributed by atoms with Gasteiger partial charge in [0.05, 0.1) is 0 Å². The molecule has 0 aliphatic carbocycles. The number of urea groups is 1. The molecule has 4 amide bonds. The fourth-order valence-electron chi connectivity index (χ4n) is 2.44. The van der Waals surface area contributed by atoms with Gasteiger partial charge in [0.1, 0.15) is 0 Å². The number of rotatable bonds is 6. The standard InChI is InChI=1S/C18H16N2O3S/c21-16-17(22)20(12-10-15-9-5-13-24-15)18(23)19(16)11-4-8-14-6-2-1-3-7-14/h1-9,13H,10-12H2/b8-4+. The lowest BCUT2D eigenvalue weighted by molar-refractivity contribution is -0.143. The Morgan fingerprint density at radius 1 is 0.917 bits per heavy atom. The van der Waals surface area contributed by atoms with E-state index in [0.29, 0.717) is 6.42 Å². The first-order valence-electron chi connectivity index (χ1n) is 7.58. The minimum Gasteiger partial charge on any atom is -0.263 e. The summed E-state index contributed by atoms with van der Waals surface area (Å²) in [6.07, 6.45) is 4.09. The zero-order valence-corrected chi connectivity index (χ0v) is 13.7. The van der Waals surface area contributed by atoms with Crippen LogP contribution < -0.4 is 0 Å². The van der Waals surface area contributed by atoms with E-state index < -0.39 is 17.8 Å². The average molecular weight is 340 g/mol. The van der Waals surface area contributed by atoms with Gasteiger partial charge in [-0.2, -0.15) is 0 Å². The molecule has 0 atom stereocenters. The van der Waals surface area contributed by atoms with Crippen molar-refractivity contribution in [3.8, 4) is 0 Å². The third kappa shape index (κ3) is 3.44. The van der Waals surface area contributed by atoms with Gasteiger partial charge in [0.2, 0.25) is 0 Å². The summed E-state index contributed by atoms with van der Waals surface area (Å²) in [6, 6.07) is 12.9. The van der Waals surface area contributed by atoms with E-state index in [1.165, 1.54) is 0 Å². The summed E-state index contributed by atoms with van der Waals surface area (Å²) in [7, 11) is 0. The van der Waals surface area contributed by atoms with Gasteiger partial charge in [0.15, 0.2) is 0 Å². The van der Waals surface area contributed by atoms with Crippen LogP contribution in [-0.2, 0) is 16.0 Å². The summed E-state index contributed by atoms with van der Waals surface area (Å²) in [5.74, 6) is -1.51. The van der Waals surface area contributed by atoms with Gasteiger partial charge >= 0.3 is 17.8 Å². The monoisotopic (exact) mass is 340 g/mol. The van der Waals surface area contributed by atoms with Gasteiger partial charge in [0, 0.05) is 24.4 Å². The minimum absolute atomic E-state index is 0.0911. The fraction of sp³-hybridized carbons (Fsp3) is 0.167. The van der Waals surface area contributed by atoms with Gasteiger partial charge in [0.25, 0.3) is 0 Å². The second-order valence-corrected chi connectivity index (χ2v) is 6.33. The lowest BCUT2D eigenvalue weighted by Gasteiger charge is -2.13. The van der Waals surface area contributed by atoms with Gasteiger partial charge in [-0.3, -0.25) is 19.4 Å². The predicted octanol–water partition coefficient (Wildman–Crippen LogP) is 2.79. The Morgan fingerprint density at radius 2 is 1.67 bits per heavy atom. The highest BCUT2D eigenvalue weighted by molar-refractivity contribution is 7.09. The van der Waals surface area contributed by atoms with E-state index in [9.17, 15) is 14.4 Å². The highest BCUT2D eigenvalue weighted by Gasteiger charge is 2.43. The third-order valence-electron chi connectivity index (χ3n) is 3.69. The predicted molar refractivity (Wildman–Crippen MR) is 92.3 cm³/mol. The molecule has 0 N–H and O–H groups in total. The summed E-state index contributed by atoms with van der Waals surface area (Å²) in [4.78, 5) is 39.4. The topological polar surface area (TPSA) is 57.7 Å². The molecule has 2 aromatic rings. The maximum Gasteiger partial charge on any atom is 0.334 e. The maximum atomic E-state index is 12.3. The zero-order valence-electron chi connectivity index (χ0n) is 12.9. The number of benzene rings is 1. The van der Waals surface area contributed by atoms with Crippen molar-refractivity contribution in [2.24, 2.45) is 0 Å². The molecule has 5 nitrogen and oxygen atoms in total. The number of carbonyl (C=O) groups excluding carboxylic acids is 3.